The van der Waals surface area contributed by atoms with Gasteiger partial charge in [0.2, 0.25) is 0 Å². The molecule has 1 aliphatic rings. The van der Waals surface area contributed by atoms with Crippen LogP contribution in [0.4, 0.5) is 0 Å². The molecule has 25 heavy (non-hydrogen) atoms. The lowest BCUT2D eigenvalue weighted by molar-refractivity contribution is 0.0933. The number of hydrogen-bond acceptors (Lipinski definition) is 3. The lowest BCUT2D eigenvalue weighted by Crippen LogP contribution is -2.40. The van der Waals surface area contributed by atoms with Gasteiger partial charge in [-0.05, 0) is 50.0 Å². The van der Waals surface area contributed by atoms with Crippen molar-refractivity contribution in [1.29, 1.82) is 0 Å². The summed E-state index contributed by atoms with van der Waals surface area (Å²) in [6, 6.07) is 12.2. The van der Waals surface area contributed by atoms with E-state index in [4.69, 9.17) is 0 Å². The number of para-hydroxylation sites is 1. The van der Waals surface area contributed by atoms with E-state index in [1.807, 2.05) is 36.4 Å². The number of likely N-dealkylation sites (N-methyl/N-ethyl adjacent to an activating group) is 1. The summed E-state index contributed by atoms with van der Waals surface area (Å²) in [5, 5.41) is 7.78. The zero-order chi connectivity index (χ0) is 17.8. The summed E-state index contributed by atoms with van der Waals surface area (Å²) >= 11 is 0. The van der Waals surface area contributed by atoms with Crippen LogP contribution in [0, 0.1) is 0 Å². The van der Waals surface area contributed by atoms with E-state index in [1.165, 1.54) is 6.42 Å². The van der Waals surface area contributed by atoms with Gasteiger partial charge in [0.15, 0.2) is 0 Å². The Morgan fingerprint density at radius 2 is 2.08 bits per heavy atom. The van der Waals surface area contributed by atoms with E-state index in [9.17, 15) is 4.79 Å². The molecule has 0 spiro atoms. The third-order valence-corrected chi connectivity index (χ3v) is 4.96. The summed E-state index contributed by atoms with van der Waals surface area (Å²) in [5.41, 5.74) is 2.46. The summed E-state index contributed by atoms with van der Waals surface area (Å²) in [5.74, 6) is 0.230. The fourth-order valence-corrected chi connectivity index (χ4v) is 3.45. The van der Waals surface area contributed by atoms with Gasteiger partial charge in [0.05, 0.1) is 11.4 Å². The molecule has 1 aromatic heterocycles. The fraction of sp³-hybridized carbons (Fsp3) is 0.500. The maximum Gasteiger partial charge on any atom is 0.270 e. The highest BCUT2D eigenvalue weighted by atomic mass is 16.2. The first-order valence-corrected chi connectivity index (χ1v) is 9.27. The largest absolute Gasteiger partial charge is 0.349 e. The van der Waals surface area contributed by atoms with Gasteiger partial charge in [0.1, 0.15) is 5.69 Å². The Labute approximate surface area is 150 Å². The minimum absolute atomic E-state index is 0.0498. The molecule has 0 bridgehead atoms. The first-order chi connectivity index (χ1) is 12.1. The summed E-state index contributed by atoms with van der Waals surface area (Å²) < 4.78 is 1.76. The van der Waals surface area contributed by atoms with Gasteiger partial charge in [0.25, 0.3) is 5.91 Å². The van der Waals surface area contributed by atoms with E-state index in [-0.39, 0.29) is 11.8 Å². The molecule has 3 rings (SSSR count). The van der Waals surface area contributed by atoms with Crippen LogP contribution in [0.3, 0.4) is 0 Å². The first kappa shape index (κ1) is 17.7. The number of amides is 1. The Balaban J connectivity index is 1.79. The number of carbonyl (C=O) groups is 1. The van der Waals surface area contributed by atoms with E-state index in [0.29, 0.717) is 18.3 Å². The molecule has 5 heteroatoms. The highest BCUT2D eigenvalue weighted by molar-refractivity contribution is 5.93. The van der Waals surface area contributed by atoms with E-state index in [0.717, 1.165) is 30.9 Å². The lowest BCUT2D eigenvalue weighted by Gasteiger charge is -2.22. The molecule has 134 valence electrons. The van der Waals surface area contributed by atoms with Gasteiger partial charge < -0.3 is 5.32 Å². The molecule has 2 heterocycles. The molecular formula is C20H28N4O. The number of nitrogens with one attached hydrogen (secondary N) is 1. The Bertz CT molecular complexity index is 708. The molecule has 0 saturated carbocycles. The van der Waals surface area contributed by atoms with Crippen molar-refractivity contribution in [2.45, 2.75) is 45.6 Å². The summed E-state index contributed by atoms with van der Waals surface area (Å²) in [6.07, 6.45) is 2.37. The maximum absolute atomic E-state index is 12.8. The van der Waals surface area contributed by atoms with Crippen molar-refractivity contribution in [3.63, 3.8) is 0 Å². The number of hydrogen-bond donors (Lipinski definition) is 1. The molecular weight excluding hydrogens is 312 g/mol. The van der Waals surface area contributed by atoms with Crippen LogP contribution < -0.4 is 5.32 Å². The monoisotopic (exact) mass is 340 g/mol. The van der Waals surface area contributed by atoms with E-state index in [2.05, 4.69) is 36.1 Å². The topological polar surface area (TPSA) is 50.2 Å². The second-order valence-corrected chi connectivity index (χ2v) is 6.99. The van der Waals surface area contributed by atoms with Crippen molar-refractivity contribution in [3.05, 3.63) is 47.8 Å². The van der Waals surface area contributed by atoms with Crippen LogP contribution in [0.15, 0.2) is 36.4 Å². The predicted octanol–water partition coefficient (Wildman–Crippen LogP) is 3.21. The van der Waals surface area contributed by atoms with Gasteiger partial charge in [-0.2, -0.15) is 5.10 Å². The first-order valence-electron chi connectivity index (χ1n) is 9.27. The van der Waals surface area contributed by atoms with Crippen LogP contribution >= 0.6 is 0 Å². The SMILES string of the molecule is CCN1CCC[C@@H]1CNC(=O)c1cc(C(C)C)nn1-c1ccccc1. The van der Waals surface area contributed by atoms with Gasteiger partial charge in [-0.1, -0.05) is 39.0 Å². The van der Waals surface area contributed by atoms with Gasteiger partial charge in [-0.25, -0.2) is 4.68 Å². The lowest BCUT2D eigenvalue weighted by atomic mass is 10.1. The molecule has 0 aliphatic carbocycles. The van der Waals surface area contributed by atoms with Gasteiger partial charge in [0, 0.05) is 12.6 Å². The average molecular weight is 340 g/mol. The van der Waals surface area contributed by atoms with Crippen molar-refractivity contribution < 1.29 is 4.79 Å². The summed E-state index contributed by atoms with van der Waals surface area (Å²) in [6.45, 7) is 9.24. The predicted molar refractivity (Wildman–Crippen MR) is 100 cm³/mol. The van der Waals surface area contributed by atoms with Crippen LogP contribution in [0.5, 0.6) is 0 Å². The number of benzene rings is 1. The van der Waals surface area contributed by atoms with Crippen molar-refractivity contribution in [3.8, 4) is 5.69 Å². The quantitative estimate of drug-likeness (QED) is 0.878. The summed E-state index contributed by atoms with van der Waals surface area (Å²) in [4.78, 5) is 15.3. The third-order valence-electron chi connectivity index (χ3n) is 4.96. The van der Waals surface area contributed by atoms with Crippen molar-refractivity contribution >= 4 is 5.91 Å². The molecule has 1 atom stereocenters. The van der Waals surface area contributed by atoms with E-state index >= 15 is 0 Å². The Morgan fingerprint density at radius 3 is 2.76 bits per heavy atom. The molecule has 0 radical (unpaired) electrons. The maximum atomic E-state index is 12.8. The summed E-state index contributed by atoms with van der Waals surface area (Å²) in [7, 11) is 0. The molecule has 0 unspecified atom stereocenters. The number of aromatic nitrogens is 2. The van der Waals surface area contributed by atoms with Crippen LogP contribution in [0.25, 0.3) is 5.69 Å². The van der Waals surface area contributed by atoms with Crippen molar-refractivity contribution in [2.24, 2.45) is 0 Å². The molecule has 1 N–H and O–H groups in total. The molecule has 1 aromatic carbocycles. The second kappa shape index (κ2) is 7.83. The highest BCUT2D eigenvalue weighted by Crippen LogP contribution is 2.19. The Kier molecular flexibility index (Phi) is 5.53. The minimum Gasteiger partial charge on any atom is -0.349 e. The third kappa shape index (κ3) is 3.93. The molecule has 1 amide bonds. The second-order valence-electron chi connectivity index (χ2n) is 6.99. The minimum atomic E-state index is -0.0498. The smallest absolute Gasteiger partial charge is 0.270 e. The fourth-order valence-electron chi connectivity index (χ4n) is 3.45. The molecule has 1 fully saturated rings. The van der Waals surface area contributed by atoms with Crippen molar-refractivity contribution in [2.75, 3.05) is 19.6 Å². The Hall–Kier alpha value is -2.14. The van der Waals surface area contributed by atoms with E-state index in [1.54, 1.807) is 4.68 Å². The van der Waals surface area contributed by atoms with Crippen molar-refractivity contribution in [1.82, 2.24) is 20.0 Å². The van der Waals surface area contributed by atoms with Crippen LogP contribution in [-0.2, 0) is 0 Å². The van der Waals surface area contributed by atoms with Crippen LogP contribution in [0.1, 0.15) is 55.7 Å². The van der Waals surface area contributed by atoms with Gasteiger partial charge >= 0.3 is 0 Å². The number of nitrogens with zero attached hydrogens (tertiary/aromatic N) is 3. The zero-order valence-corrected chi connectivity index (χ0v) is 15.4. The van der Waals surface area contributed by atoms with Crippen LogP contribution in [0.2, 0.25) is 0 Å². The van der Waals surface area contributed by atoms with Gasteiger partial charge in [-0.15, -0.1) is 0 Å². The van der Waals surface area contributed by atoms with Crippen LogP contribution in [-0.4, -0.2) is 46.3 Å². The normalized spacial score (nSPS) is 18.0. The molecule has 1 aliphatic heterocycles. The number of likely N-dealkylation sites (tertiary alicyclic amines) is 1. The zero-order valence-electron chi connectivity index (χ0n) is 15.4. The van der Waals surface area contributed by atoms with Gasteiger partial charge in [-0.3, -0.25) is 9.69 Å². The molecule has 1 saturated heterocycles. The molecule has 2 aromatic rings. The standard InChI is InChI=1S/C20H28N4O/c1-4-23-12-8-11-17(23)14-21-20(25)19-13-18(15(2)3)22-24(19)16-9-6-5-7-10-16/h5-7,9-10,13,15,17H,4,8,11-12,14H2,1-3H3,(H,21,25)/t17-/m1/s1. The average Bonchev–Trinajstić information content (AvgIpc) is 3.27. The number of carbonyl (C=O) groups excluding carboxylic acids is 1. The highest BCUT2D eigenvalue weighted by Gasteiger charge is 2.24. The Morgan fingerprint density at radius 1 is 1.32 bits per heavy atom. The number of rotatable bonds is 6. The molecule has 5 nitrogen and oxygen atoms in total. The van der Waals surface area contributed by atoms with E-state index < -0.39 is 0 Å².